The van der Waals surface area contributed by atoms with E-state index in [1.807, 2.05) is 12.3 Å². The van der Waals surface area contributed by atoms with Gasteiger partial charge >= 0.3 is 0 Å². The summed E-state index contributed by atoms with van der Waals surface area (Å²) in [6, 6.07) is 10.7. The van der Waals surface area contributed by atoms with Gasteiger partial charge in [0.05, 0.1) is 5.52 Å². The fraction of sp³-hybridized carbons (Fsp3) is 0.500. The number of aromatic nitrogens is 1. The summed E-state index contributed by atoms with van der Waals surface area (Å²) in [7, 11) is 0. The van der Waals surface area contributed by atoms with Crippen molar-refractivity contribution in [3.63, 3.8) is 0 Å². The molecule has 106 valence electrons. The van der Waals surface area contributed by atoms with E-state index < -0.39 is 0 Å². The first-order valence-electron chi connectivity index (χ1n) is 7.66. The number of benzene rings is 1. The summed E-state index contributed by atoms with van der Waals surface area (Å²) in [5.74, 6) is 0.634. The van der Waals surface area contributed by atoms with E-state index in [4.69, 9.17) is 5.73 Å². The van der Waals surface area contributed by atoms with Crippen LogP contribution < -0.4 is 5.73 Å². The van der Waals surface area contributed by atoms with Crippen molar-refractivity contribution in [2.75, 3.05) is 0 Å². The quantitative estimate of drug-likeness (QED) is 0.916. The molecule has 0 saturated heterocycles. The van der Waals surface area contributed by atoms with Crippen molar-refractivity contribution < 1.29 is 0 Å². The lowest BCUT2D eigenvalue weighted by molar-refractivity contribution is 0.220. The van der Waals surface area contributed by atoms with Crippen LogP contribution in [0.1, 0.15) is 38.7 Å². The second-order valence-electron chi connectivity index (χ2n) is 6.84. The highest BCUT2D eigenvalue weighted by atomic mass is 14.7. The molecule has 1 saturated carbocycles. The van der Waals surface area contributed by atoms with Gasteiger partial charge in [0, 0.05) is 17.6 Å². The SMILES string of the molecule is CC1(C)CCCC1C(N)Cc1ccnc2ccccc12. The lowest BCUT2D eigenvalue weighted by Gasteiger charge is -2.32. The molecule has 1 aliphatic carbocycles. The lowest BCUT2D eigenvalue weighted by atomic mass is 9.76. The highest BCUT2D eigenvalue weighted by Gasteiger charge is 2.38. The Bertz CT molecular complexity index is 598. The van der Waals surface area contributed by atoms with E-state index in [1.165, 1.54) is 30.2 Å². The van der Waals surface area contributed by atoms with E-state index in [0.29, 0.717) is 11.3 Å². The predicted molar refractivity (Wildman–Crippen MR) is 84.5 cm³/mol. The third-order valence-electron chi connectivity index (χ3n) is 5.05. The second-order valence-corrected chi connectivity index (χ2v) is 6.84. The standard InChI is InChI=1S/C18H24N2/c1-18(2)10-5-7-15(18)16(19)12-13-9-11-20-17-8-4-3-6-14(13)17/h3-4,6,8-9,11,15-16H,5,7,10,12,19H2,1-2H3. The van der Waals surface area contributed by atoms with Crippen LogP contribution in [0.5, 0.6) is 0 Å². The third kappa shape index (κ3) is 2.45. The number of hydrogen-bond acceptors (Lipinski definition) is 2. The molecule has 1 aromatic heterocycles. The summed E-state index contributed by atoms with van der Waals surface area (Å²) in [5, 5.41) is 1.25. The highest BCUT2D eigenvalue weighted by Crippen LogP contribution is 2.44. The minimum Gasteiger partial charge on any atom is -0.327 e. The van der Waals surface area contributed by atoms with Crippen molar-refractivity contribution in [1.82, 2.24) is 4.98 Å². The van der Waals surface area contributed by atoms with Gasteiger partial charge in [0.25, 0.3) is 0 Å². The van der Waals surface area contributed by atoms with Gasteiger partial charge in [0.15, 0.2) is 0 Å². The van der Waals surface area contributed by atoms with Crippen LogP contribution in [0.3, 0.4) is 0 Å². The fourth-order valence-electron chi connectivity index (χ4n) is 3.88. The first-order valence-corrected chi connectivity index (χ1v) is 7.66. The van der Waals surface area contributed by atoms with Gasteiger partial charge in [-0.3, -0.25) is 4.98 Å². The molecule has 2 unspecified atom stereocenters. The van der Waals surface area contributed by atoms with Crippen molar-refractivity contribution in [2.24, 2.45) is 17.1 Å². The first kappa shape index (κ1) is 13.6. The summed E-state index contributed by atoms with van der Waals surface area (Å²) < 4.78 is 0. The summed E-state index contributed by atoms with van der Waals surface area (Å²) in [4.78, 5) is 4.43. The molecule has 2 aromatic rings. The topological polar surface area (TPSA) is 38.9 Å². The van der Waals surface area contributed by atoms with Crippen molar-refractivity contribution in [2.45, 2.75) is 45.6 Å². The molecule has 2 nitrogen and oxygen atoms in total. The zero-order valence-corrected chi connectivity index (χ0v) is 12.5. The Kier molecular flexibility index (Phi) is 3.51. The summed E-state index contributed by atoms with van der Waals surface area (Å²) >= 11 is 0. The number of rotatable bonds is 3. The third-order valence-corrected chi connectivity index (χ3v) is 5.05. The van der Waals surface area contributed by atoms with Gasteiger partial charge in [-0.05, 0) is 48.3 Å². The van der Waals surface area contributed by atoms with E-state index in [-0.39, 0.29) is 6.04 Å². The molecule has 2 heteroatoms. The van der Waals surface area contributed by atoms with Crippen LogP contribution in [0.15, 0.2) is 36.5 Å². The molecular weight excluding hydrogens is 244 g/mol. The Morgan fingerprint density at radius 3 is 2.85 bits per heavy atom. The van der Waals surface area contributed by atoms with Gasteiger partial charge in [0.1, 0.15) is 0 Å². The molecule has 20 heavy (non-hydrogen) atoms. The summed E-state index contributed by atoms with van der Waals surface area (Å²) in [6.45, 7) is 4.74. The molecule has 0 bridgehead atoms. The first-order chi connectivity index (χ1) is 9.58. The molecule has 1 fully saturated rings. The zero-order valence-electron chi connectivity index (χ0n) is 12.5. The average molecular weight is 268 g/mol. The monoisotopic (exact) mass is 268 g/mol. The van der Waals surface area contributed by atoms with Crippen LogP contribution in [0, 0.1) is 11.3 Å². The zero-order chi connectivity index (χ0) is 14.2. The Morgan fingerprint density at radius 1 is 1.30 bits per heavy atom. The Morgan fingerprint density at radius 2 is 2.10 bits per heavy atom. The van der Waals surface area contributed by atoms with E-state index in [0.717, 1.165) is 11.9 Å². The number of pyridine rings is 1. The molecule has 0 amide bonds. The van der Waals surface area contributed by atoms with Gasteiger partial charge in [-0.25, -0.2) is 0 Å². The van der Waals surface area contributed by atoms with Crippen LogP contribution in [-0.4, -0.2) is 11.0 Å². The Balaban J connectivity index is 1.86. The van der Waals surface area contributed by atoms with Crippen LogP contribution in [0.25, 0.3) is 10.9 Å². The maximum Gasteiger partial charge on any atom is 0.0704 e. The van der Waals surface area contributed by atoms with Gasteiger partial charge < -0.3 is 5.73 Å². The summed E-state index contributed by atoms with van der Waals surface area (Å²) in [5.41, 5.74) is 9.36. The van der Waals surface area contributed by atoms with Gasteiger partial charge in [-0.15, -0.1) is 0 Å². The summed E-state index contributed by atoms with van der Waals surface area (Å²) in [6.07, 6.45) is 6.77. The average Bonchev–Trinajstić information content (AvgIpc) is 2.79. The second kappa shape index (κ2) is 5.17. The van der Waals surface area contributed by atoms with Gasteiger partial charge in [-0.2, -0.15) is 0 Å². The smallest absolute Gasteiger partial charge is 0.0704 e. The molecule has 1 aliphatic rings. The normalized spacial score (nSPS) is 23.1. The number of para-hydroxylation sites is 1. The molecule has 2 N–H and O–H groups in total. The van der Waals surface area contributed by atoms with Crippen LogP contribution in [-0.2, 0) is 6.42 Å². The Labute approximate surface area is 121 Å². The molecule has 0 radical (unpaired) electrons. The van der Waals surface area contributed by atoms with Gasteiger partial charge in [0.2, 0.25) is 0 Å². The van der Waals surface area contributed by atoms with Crippen molar-refractivity contribution >= 4 is 10.9 Å². The van der Waals surface area contributed by atoms with Crippen molar-refractivity contribution in [3.05, 3.63) is 42.1 Å². The van der Waals surface area contributed by atoms with E-state index >= 15 is 0 Å². The number of nitrogens with two attached hydrogens (primary N) is 1. The predicted octanol–water partition coefficient (Wildman–Crippen LogP) is 3.93. The Hall–Kier alpha value is -1.41. The minimum atomic E-state index is 0.248. The maximum atomic E-state index is 6.56. The molecule has 2 atom stereocenters. The highest BCUT2D eigenvalue weighted by molar-refractivity contribution is 5.81. The minimum absolute atomic E-state index is 0.248. The molecule has 3 rings (SSSR count). The van der Waals surface area contributed by atoms with Crippen LogP contribution >= 0.6 is 0 Å². The molecule has 1 aromatic carbocycles. The fourth-order valence-corrected chi connectivity index (χ4v) is 3.88. The molecule has 0 spiro atoms. The van der Waals surface area contributed by atoms with Crippen LogP contribution in [0.2, 0.25) is 0 Å². The molecule has 1 heterocycles. The largest absolute Gasteiger partial charge is 0.327 e. The van der Waals surface area contributed by atoms with Crippen molar-refractivity contribution in [3.8, 4) is 0 Å². The number of nitrogens with zero attached hydrogens (tertiary/aromatic N) is 1. The molecular formula is C18H24N2. The van der Waals surface area contributed by atoms with Crippen LogP contribution in [0.4, 0.5) is 0 Å². The maximum absolute atomic E-state index is 6.56. The number of hydrogen-bond donors (Lipinski definition) is 1. The number of fused-ring (bicyclic) bond motifs is 1. The van der Waals surface area contributed by atoms with E-state index in [2.05, 4.69) is 43.1 Å². The lowest BCUT2D eigenvalue weighted by Crippen LogP contribution is -2.38. The van der Waals surface area contributed by atoms with Crippen molar-refractivity contribution in [1.29, 1.82) is 0 Å². The van der Waals surface area contributed by atoms with E-state index in [9.17, 15) is 0 Å². The van der Waals surface area contributed by atoms with Gasteiger partial charge in [-0.1, -0.05) is 38.5 Å². The molecule has 0 aliphatic heterocycles. The van der Waals surface area contributed by atoms with E-state index in [1.54, 1.807) is 0 Å².